The van der Waals surface area contributed by atoms with Gasteiger partial charge in [-0.05, 0) is 13.8 Å². The highest BCUT2D eigenvalue weighted by Crippen LogP contribution is 2.11. The van der Waals surface area contributed by atoms with Crippen molar-refractivity contribution in [2.45, 2.75) is 25.8 Å². The maximum absolute atomic E-state index is 11.1. The van der Waals surface area contributed by atoms with Crippen molar-refractivity contribution < 1.29 is 4.79 Å². The van der Waals surface area contributed by atoms with Gasteiger partial charge in [-0.1, -0.05) is 0 Å². The first-order valence-corrected chi connectivity index (χ1v) is 5.23. The van der Waals surface area contributed by atoms with Gasteiger partial charge in [-0.15, -0.1) is 22.9 Å². The Labute approximate surface area is 86.1 Å². The van der Waals surface area contributed by atoms with Crippen LogP contribution in [0.25, 0.3) is 0 Å². The maximum Gasteiger partial charge on any atom is 0.238 e. The Bertz CT molecular complexity index is 298. The van der Waals surface area contributed by atoms with Crippen molar-refractivity contribution in [2.75, 3.05) is 0 Å². The number of nitrogens with one attached hydrogen (secondary N) is 1. The minimum absolute atomic E-state index is 0.144. The lowest BCUT2D eigenvalue weighted by Gasteiger charge is -2.04. The van der Waals surface area contributed by atoms with Crippen LogP contribution < -0.4 is 5.32 Å². The van der Waals surface area contributed by atoms with Crippen molar-refractivity contribution in [1.82, 2.24) is 10.3 Å². The molecular formula is C8H11ClN2OS. The van der Waals surface area contributed by atoms with Gasteiger partial charge < -0.3 is 5.32 Å². The lowest BCUT2D eigenvalue weighted by Crippen LogP contribution is -2.28. The molecule has 0 bridgehead atoms. The fourth-order valence-corrected chi connectivity index (χ4v) is 1.60. The van der Waals surface area contributed by atoms with E-state index in [4.69, 9.17) is 11.6 Å². The molecule has 1 N–H and O–H groups in total. The molecule has 0 radical (unpaired) electrons. The molecule has 0 fully saturated rings. The van der Waals surface area contributed by atoms with Crippen LogP contribution in [0.3, 0.4) is 0 Å². The number of amides is 1. The zero-order chi connectivity index (χ0) is 9.84. The highest BCUT2D eigenvalue weighted by atomic mass is 35.5. The van der Waals surface area contributed by atoms with E-state index in [1.54, 1.807) is 12.4 Å². The molecule has 0 spiro atoms. The third-order valence-electron chi connectivity index (χ3n) is 1.63. The molecule has 1 aromatic rings. The van der Waals surface area contributed by atoms with E-state index in [0.29, 0.717) is 6.54 Å². The molecule has 3 nitrogen and oxygen atoms in total. The van der Waals surface area contributed by atoms with Gasteiger partial charge in [-0.2, -0.15) is 0 Å². The van der Waals surface area contributed by atoms with E-state index in [0.717, 1.165) is 10.6 Å². The summed E-state index contributed by atoms with van der Waals surface area (Å²) in [6, 6.07) is 0. The summed E-state index contributed by atoms with van der Waals surface area (Å²) in [7, 11) is 0. The average molecular weight is 219 g/mol. The quantitative estimate of drug-likeness (QED) is 0.785. The summed E-state index contributed by atoms with van der Waals surface area (Å²) in [6.45, 7) is 4.09. The van der Waals surface area contributed by atoms with Gasteiger partial charge in [0.25, 0.3) is 0 Å². The van der Waals surface area contributed by atoms with Crippen LogP contribution in [0.2, 0.25) is 0 Å². The van der Waals surface area contributed by atoms with Crippen LogP contribution in [0.5, 0.6) is 0 Å². The number of hydrogen-bond donors (Lipinski definition) is 1. The van der Waals surface area contributed by atoms with Crippen molar-refractivity contribution >= 4 is 28.8 Å². The summed E-state index contributed by atoms with van der Waals surface area (Å²) in [5, 5.41) is 2.25. The van der Waals surface area contributed by atoms with E-state index >= 15 is 0 Å². The summed E-state index contributed by atoms with van der Waals surface area (Å²) in [6.07, 6.45) is 0. The topological polar surface area (TPSA) is 42.0 Å². The van der Waals surface area contributed by atoms with Crippen LogP contribution in [0.4, 0.5) is 0 Å². The van der Waals surface area contributed by atoms with E-state index in [2.05, 4.69) is 10.3 Å². The number of carbonyl (C=O) groups is 1. The summed E-state index contributed by atoms with van der Waals surface area (Å²) in [5.41, 5.74) is 2.73. The Kier molecular flexibility index (Phi) is 3.69. The average Bonchev–Trinajstić information content (AvgIpc) is 2.47. The van der Waals surface area contributed by atoms with E-state index < -0.39 is 5.38 Å². The molecule has 5 heteroatoms. The van der Waals surface area contributed by atoms with E-state index in [1.165, 1.54) is 11.3 Å². The number of hydrogen-bond acceptors (Lipinski definition) is 3. The van der Waals surface area contributed by atoms with Crippen LogP contribution >= 0.6 is 22.9 Å². The second-order valence-electron chi connectivity index (χ2n) is 2.69. The van der Waals surface area contributed by atoms with Crippen molar-refractivity contribution in [2.24, 2.45) is 0 Å². The highest BCUT2D eigenvalue weighted by Gasteiger charge is 2.09. The summed E-state index contributed by atoms with van der Waals surface area (Å²) < 4.78 is 0. The molecule has 0 saturated heterocycles. The molecule has 1 amide bonds. The van der Waals surface area contributed by atoms with E-state index in [-0.39, 0.29) is 5.91 Å². The molecule has 1 unspecified atom stereocenters. The highest BCUT2D eigenvalue weighted by molar-refractivity contribution is 7.09. The lowest BCUT2D eigenvalue weighted by molar-refractivity contribution is -0.120. The molecular weight excluding hydrogens is 208 g/mol. The second-order valence-corrected chi connectivity index (χ2v) is 4.29. The van der Waals surface area contributed by atoms with Gasteiger partial charge in [0, 0.05) is 4.88 Å². The number of rotatable bonds is 3. The number of aryl methyl sites for hydroxylation is 1. The molecule has 0 aliphatic carbocycles. The third kappa shape index (κ3) is 2.97. The molecule has 0 saturated carbocycles. The van der Waals surface area contributed by atoms with Gasteiger partial charge in [0.05, 0.1) is 17.7 Å². The monoisotopic (exact) mass is 218 g/mol. The zero-order valence-electron chi connectivity index (χ0n) is 7.50. The largest absolute Gasteiger partial charge is 0.350 e. The molecule has 0 aliphatic rings. The molecule has 0 aromatic carbocycles. The van der Waals surface area contributed by atoms with E-state index in [1.807, 2.05) is 6.92 Å². The van der Waals surface area contributed by atoms with Crippen LogP contribution in [-0.4, -0.2) is 16.3 Å². The second kappa shape index (κ2) is 4.58. The lowest BCUT2D eigenvalue weighted by atomic mass is 10.3. The summed E-state index contributed by atoms with van der Waals surface area (Å²) in [4.78, 5) is 16.2. The van der Waals surface area contributed by atoms with Gasteiger partial charge in [0.15, 0.2) is 0 Å². The smallest absolute Gasteiger partial charge is 0.238 e. The van der Waals surface area contributed by atoms with Crippen molar-refractivity contribution in [3.63, 3.8) is 0 Å². The van der Waals surface area contributed by atoms with Crippen molar-refractivity contribution in [3.8, 4) is 0 Å². The number of carbonyl (C=O) groups excluding carboxylic acids is 1. The third-order valence-corrected chi connectivity index (χ3v) is 2.76. The molecule has 1 atom stereocenters. The van der Waals surface area contributed by atoms with Gasteiger partial charge in [-0.25, -0.2) is 4.98 Å². The number of halogens is 1. The summed E-state index contributed by atoms with van der Waals surface area (Å²) >= 11 is 7.12. The molecule has 13 heavy (non-hydrogen) atoms. The van der Waals surface area contributed by atoms with Crippen molar-refractivity contribution in [3.05, 3.63) is 16.1 Å². The first-order valence-electron chi connectivity index (χ1n) is 3.92. The normalized spacial score (nSPS) is 12.5. The molecule has 0 aliphatic heterocycles. The van der Waals surface area contributed by atoms with Crippen LogP contribution in [-0.2, 0) is 11.3 Å². The Balaban J connectivity index is 2.44. The van der Waals surface area contributed by atoms with Crippen LogP contribution in [0, 0.1) is 6.92 Å². The van der Waals surface area contributed by atoms with E-state index in [9.17, 15) is 4.79 Å². The first kappa shape index (κ1) is 10.5. The van der Waals surface area contributed by atoms with Crippen LogP contribution in [0.1, 0.15) is 17.5 Å². The Hall–Kier alpha value is -0.610. The minimum atomic E-state index is -0.478. The number of alkyl halides is 1. The van der Waals surface area contributed by atoms with Crippen LogP contribution in [0.15, 0.2) is 5.51 Å². The fourth-order valence-electron chi connectivity index (χ4n) is 0.804. The number of thiazole rings is 1. The molecule has 1 rings (SSSR count). The number of aromatic nitrogens is 1. The Morgan fingerprint density at radius 1 is 1.85 bits per heavy atom. The predicted octanol–water partition coefficient (Wildman–Crippen LogP) is 1.70. The van der Waals surface area contributed by atoms with Gasteiger partial charge in [0.2, 0.25) is 5.91 Å². The number of nitrogens with zero attached hydrogens (tertiary/aromatic N) is 1. The maximum atomic E-state index is 11.1. The minimum Gasteiger partial charge on any atom is -0.350 e. The Morgan fingerprint density at radius 3 is 3.00 bits per heavy atom. The summed E-state index contributed by atoms with van der Waals surface area (Å²) in [5.74, 6) is -0.144. The zero-order valence-corrected chi connectivity index (χ0v) is 9.08. The SMILES string of the molecule is Cc1ncsc1CNC(=O)C(C)Cl. The fraction of sp³-hybridized carbons (Fsp3) is 0.500. The first-order chi connectivity index (χ1) is 6.11. The predicted molar refractivity (Wildman–Crippen MR) is 54.0 cm³/mol. The standard InChI is InChI=1S/C8H11ClN2OS/c1-5(9)8(12)10-3-7-6(2)11-4-13-7/h4-5H,3H2,1-2H3,(H,10,12). The molecule has 72 valence electrons. The van der Waals surface area contributed by atoms with Gasteiger partial charge in [-0.3, -0.25) is 4.79 Å². The molecule has 1 aromatic heterocycles. The molecule has 1 heterocycles. The van der Waals surface area contributed by atoms with Crippen molar-refractivity contribution in [1.29, 1.82) is 0 Å². The van der Waals surface area contributed by atoms with Gasteiger partial charge in [0.1, 0.15) is 5.38 Å². The van der Waals surface area contributed by atoms with Gasteiger partial charge >= 0.3 is 0 Å². The Morgan fingerprint density at radius 2 is 2.54 bits per heavy atom.